The van der Waals surface area contributed by atoms with Crippen molar-refractivity contribution in [2.45, 2.75) is 25.4 Å². The van der Waals surface area contributed by atoms with Gasteiger partial charge in [-0.2, -0.15) is 18.2 Å². The molecule has 1 amide bonds. The fourth-order valence-electron chi connectivity index (χ4n) is 3.03. The van der Waals surface area contributed by atoms with E-state index in [4.69, 9.17) is 9.26 Å². The smallest absolute Gasteiger partial charge is 0.416 e. The van der Waals surface area contributed by atoms with E-state index in [0.29, 0.717) is 36.0 Å². The second kappa shape index (κ2) is 9.71. The molecular weight excluding hydrogens is 425 g/mol. The number of aromatic nitrogens is 2. The van der Waals surface area contributed by atoms with E-state index in [0.717, 1.165) is 17.7 Å². The molecule has 0 aliphatic rings. The van der Waals surface area contributed by atoms with Crippen LogP contribution >= 0.6 is 0 Å². The lowest BCUT2D eigenvalue weighted by molar-refractivity contribution is -0.137. The van der Waals surface area contributed by atoms with E-state index in [1.54, 1.807) is 50.4 Å². The Kier molecular flexibility index (Phi) is 7.01. The summed E-state index contributed by atoms with van der Waals surface area (Å²) in [5.74, 6) is 1.10. The van der Waals surface area contributed by atoms with Gasteiger partial charge in [-0.1, -0.05) is 5.16 Å². The maximum absolute atomic E-state index is 13.0. The highest BCUT2D eigenvalue weighted by atomic mass is 19.4. The molecule has 0 saturated heterocycles. The lowest BCUT2D eigenvalue weighted by Gasteiger charge is -2.19. The molecule has 170 valence electrons. The van der Waals surface area contributed by atoms with Gasteiger partial charge in [-0.15, -0.1) is 0 Å². The van der Waals surface area contributed by atoms with Crippen molar-refractivity contribution in [3.63, 3.8) is 0 Å². The Morgan fingerprint density at radius 1 is 1.16 bits per heavy atom. The number of hydrogen-bond acceptors (Lipinski definition) is 6. The van der Waals surface area contributed by atoms with E-state index in [-0.39, 0.29) is 12.1 Å². The van der Waals surface area contributed by atoms with Gasteiger partial charge in [0.05, 0.1) is 24.0 Å². The van der Waals surface area contributed by atoms with Crippen LogP contribution in [0.15, 0.2) is 47.0 Å². The van der Waals surface area contributed by atoms with Crippen molar-refractivity contribution in [2.75, 3.05) is 31.4 Å². The van der Waals surface area contributed by atoms with Crippen LogP contribution < -0.4 is 15.0 Å². The maximum atomic E-state index is 13.0. The first-order valence-electron chi connectivity index (χ1n) is 9.83. The summed E-state index contributed by atoms with van der Waals surface area (Å²) in [6, 6.07) is 10.4. The van der Waals surface area contributed by atoms with E-state index in [1.807, 2.05) is 0 Å². The molecule has 1 N–H and O–H groups in total. The van der Waals surface area contributed by atoms with Crippen molar-refractivity contribution in [2.24, 2.45) is 0 Å². The molecule has 0 aliphatic carbocycles. The molecule has 0 aliphatic heterocycles. The number of nitrogens with one attached hydrogen (secondary N) is 1. The monoisotopic (exact) mass is 448 g/mol. The molecule has 0 radical (unpaired) electrons. The molecule has 32 heavy (non-hydrogen) atoms. The molecular formula is C22H23F3N4O3. The van der Waals surface area contributed by atoms with Crippen molar-refractivity contribution in [3.05, 3.63) is 53.9 Å². The summed E-state index contributed by atoms with van der Waals surface area (Å²) in [5.41, 5.74) is 0.524. The van der Waals surface area contributed by atoms with Gasteiger partial charge in [0.2, 0.25) is 17.6 Å². The Balaban J connectivity index is 1.58. The number of alkyl halides is 3. The molecule has 3 rings (SSSR count). The number of benzene rings is 2. The van der Waals surface area contributed by atoms with Gasteiger partial charge in [0.25, 0.3) is 0 Å². The molecule has 3 aromatic rings. The molecule has 0 atom stereocenters. The molecule has 0 unspecified atom stereocenters. The minimum Gasteiger partial charge on any atom is -0.497 e. The van der Waals surface area contributed by atoms with Crippen LogP contribution in [0.25, 0.3) is 11.4 Å². The minimum atomic E-state index is -4.50. The predicted molar refractivity (Wildman–Crippen MR) is 114 cm³/mol. The topological polar surface area (TPSA) is 80.5 Å². The molecule has 2 aromatic carbocycles. The van der Waals surface area contributed by atoms with Crippen LogP contribution in [0.4, 0.5) is 24.5 Å². The normalized spacial score (nSPS) is 11.3. The molecule has 1 aromatic heterocycles. The van der Waals surface area contributed by atoms with Gasteiger partial charge in [0, 0.05) is 32.5 Å². The quantitative estimate of drug-likeness (QED) is 0.534. The van der Waals surface area contributed by atoms with Crippen molar-refractivity contribution < 1.29 is 27.2 Å². The van der Waals surface area contributed by atoms with Crippen molar-refractivity contribution in [1.82, 2.24) is 10.1 Å². The molecule has 1 heterocycles. The lowest BCUT2D eigenvalue weighted by Crippen LogP contribution is -2.18. The average molecular weight is 448 g/mol. The number of anilines is 2. The first-order valence-corrected chi connectivity index (χ1v) is 9.83. The number of aryl methyl sites for hydroxylation is 1. The number of carbonyl (C=O) groups excluding carboxylic acids is 1. The van der Waals surface area contributed by atoms with Crippen molar-refractivity contribution in [3.8, 4) is 17.1 Å². The molecule has 0 spiro atoms. The fourth-order valence-corrected chi connectivity index (χ4v) is 3.03. The number of methoxy groups -OCH3 is 1. The first kappa shape index (κ1) is 23.1. The number of carbonyl (C=O) groups is 1. The number of rotatable bonds is 8. The van der Waals surface area contributed by atoms with Gasteiger partial charge >= 0.3 is 6.18 Å². The van der Waals surface area contributed by atoms with Crippen LogP contribution in [0.5, 0.6) is 5.75 Å². The van der Waals surface area contributed by atoms with E-state index in [2.05, 4.69) is 15.5 Å². The molecule has 0 bridgehead atoms. The predicted octanol–water partition coefficient (Wildman–Crippen LogP) is 4.79. The fraction of sp³-hybridized carbons (Fsp3) is 0.318. The summed E-state index contributed by atoms with van der Waals surface area (Å²) in [6.45, 7) is 0. The third kappa shape index (κ3) is 5.77. The Bertz CT molecular complexity index is 1060. The summed E-state index contributed by atoms with van der Waals surface area (Å²) in [4.78, 5) is 18.3. The minimum absolute atomic E-state index is 0.0867. The van der Waals surface area contributed by atoms with Crippen LogP contribution in [-0.2, 0) is 17.4 Å². The van der Waals surface area contributed by atoms with Gasteiger partial charge < -0.3 is 19.5 Å². The highest BCUT2D eigenvalue weighted by Gasteiger charge is 2.31. The standard InChI is InChI=1S/C22H23F3N4O3/c1-29(2)18-12-9-15(22(23,24)25)13-17(18)26-19(30)5-4-6-20-27-21(28-32-20)14-7-10-16(31-3)11-8-14/h7-13H,4-6H2,1-3H3,(H,26,30). The number of halogens is 3. The third-order valence-electron chi connectivity index (χ3n) is 4.69. The number of hydrogen-bond donors (Lipinski definition) is 1. The van der Waals surface area contributed by atoms with Crippen molar-refractivity contribution >= 4 is 17.3 Å². The summed E-state index contributed by atoms with van der Waals surface area (Å²) in [5, 5.41) is 6.50. The Labute approximate surface area is 183 Å². The summed E-state index contributed by atoms with van der Waals surface area (Å²) in [7, 11) is 4.95. The van der Waals surface area contributed by atoms with Gasteiger partial charge in [-0.3, -0.25) is 4.79 Å². The highest BCUT2D eigenvalue weighted by Crippen LogP contribution is 2.35. The van der Waals surface area contributed by atoms with Crippen LogP contribution in [0.3, 0.4) is 0 Å². The van der Waals surface area contributed by atoms with E-state index < -0.39 is 17.6 Å². The van der Waals surface area contributed by atoms with Gasteiger partial charge in [0.1, 0.15) is 5.75 Å². The SMILES string of the molecule is COc1ccc(-c2noc(CCCC(=O)Nc3cc(C(F)(F)F)ccc3N(C)C)n2)cc1. The summed E-state index contributed by atoms with van der Waals surface area (Å²) < 4.78 is 49.4. The van der Waals surface area contributed by atoms with Crippen molar-refractivity contribution in [1.29, 1.82) is 0 Å². The zero-order chi connectivity index (χ0) is 23.3. The highest BCUT2D eigenvalue weighted by molar-refractivity contribution is 5.94. The number of amides is 1. The van der Waals surface area contributed by atoms with Crippen LogP contribution in [-0.4, -0.2) is 37.3 Å². The molecule has 10 heteroatoms. The summed E-state index contributed by atoms with van der Waals surface area (Å²) >= 11 is 0. The van der Waals surface area contributed by atoms with Crippen LogP contribution in [0.2, 0.25) is 0 Å². The molecule has 0 saturated carbocycles. The number of nitrogens with zero attached hydrogens (tertiary/aromatic N) is 3. The molecule has 7 nitrogen and oxygen atoms in total. The third-order valence-corrected chi connectivity index (χ3v) is 4.69. The van der Waals surface area contributed by atoms with Crippen LogP contribution in [0, 0.1) is 0 Å². The maximum Gasteiger partial charge on any atom is 0.416 e. The molecule has 0 fully saturated rings. The van der Waals surface area contributed by atoms with Crippen LogP contribution in [0.1, 0.15) is 24.3 Å². The lowest BCUT2D eigenvalue weighted by atomic mass is 10.1. The first-order chi connectivity index (χ1) is 15.2. The van der Waals surface area contributed by atoms with Gasteiger partial charge in [0.15, 0.2) is 0 Å². The largest absolute Gasteiger partial charge is 0.497 e. The number of ether oxygens (including phenoxy) is 1. The zero-order valence-corrected chi connectivity index (χ0v) is 17.9. The van der Waals surface area contributed by atoms with E-state index >= 15 is 0 Å². The second-order valence-corrected chi connectivity index (χ2v) is 7.27. The van der Waals surface area contributed by atoms with E-state index in [9.17, 15) is 18.0 Å². The van der Waals surface area contributed by atoms with Gasteiger partial charge in [-0.25, -0.2) is 0 Å². The van der Waals surface area contributed by atoms with E-state index in [1.165, 1.54) is 6.07 Å². The Hall–Kier alpha value is -3.56. The second-order valence-electron chi connectivity index (χ2n) is 7.27. The zero-order valence-electron chi connectivity index (χ0n) is 17.9. The Morgan fingerprint density at radius 2 is 1.88 bits per heavy atom. The average Bonchev–Trinajstić information content (AvgIpc) is 3.22. The van der Waals surface area contributed by atoms with Gasteiger partial charge in [-0.05, 0) is 48.9 Å². The summed E-state index contributed by atoms with van der Waals surface area (Å²) in [6.07, 6.45) is -3.65. The Morgan fingerprint density at radius 3 is 2.50 bits per heavy atom.